The van der Waals surface area contributed by atoms with E-state index in [1.807, 2.05) is 6.92 Å². The quantitative estimate of drug-likeness (QED) is 0.869. The van der Waals surface area contributed by atoms with Gasteiger partial charge in [0.05, 0.1) is 13.0 Å². The highest BCUT2D eigenvalue weighted by Crippen LogP contribution is 2.51. The predicted octanol–water partition coefficient (Wildman–Crippen LogP) is 2.97. The van der Waals surface area contributed by atoms with Crippen LogP contribution < -0.4 is 5.32 Å². The van der Waals surface area contributed by atoms with Crippen LogP contribution in [0.3, 0.4) is 0 Å². The molecule has 3 rings (SSSR count). The lowest BCUT2D eigenvalue weighted by molar-refractivity contribution is -0.146. The Balaban J connectivity index is 2.06. The van der Waals surface area contributed by atoms with Gasteiger partial charge in [0.2, 0.25) is 0 Å². The number of aryl methyl sites for hydroxylation is 1. The summed E-state index contributed by atoms with van der Waals surface area (Å²) in [6, 6.07) is 8.65. The summed E-state index contributed by atoms with van der Waals surface area (Å²) in [4.78, 5) is 12.3. The topological polar surface area (TPSA) is 38.3 Å². The molecular weight excluding hydrogens is 262 g/mol. The van der Waals surface area contributed by atoms with Crippen LogP contribution in [0.5, 0.6) is 0 Å². The first-order valence-corrected chi connectivity index (χ1v) is 8.10. The Hall–Kier alpha value is -1.35. The van der Waals surface area contributed by atoms with Crippen LogP contribution in [0, 0.1) is 0 Å². The Morgan fingerprint density at radius 1 is 1.33 bits per heavy atom. The summed E-state index contributed by atoms with van der Waals surface area (Å²) in [5.41, 5.74) is 2.64. The molecule has 1 aliphatic carbocycles. The van der Waals surface area contributed by atoms with Gasteiger partial charge in [0.15, 0.2) is 0 Å². The maximum atomic E-state index is 12.3. The van der Waals surface area contributed by atoms with Crippen molar-refractivity contribution in [1.29, 1.82) is 0 Å². The van der Waals surface area contributed by atoms with Gasteiger partial charge < -0.3 is 10.1 Å². The molecule has 0 amide bonds. The number of hydrogen-bond donors (Lipinski definition) is 1. The van der Waals surface area contributed by atoms with Gasteiger partial charge in [0, 0.05) is 11.0 Å². The normalized spacial score (nSPS) is 31.1. The maximum Gasteiger partial charge on any atom is 0.306 e. The highest BCUT2D eigenvalue weighted by atomic mass is 16.5. The zero-order chi connectivity index (χ0) is 14.9. The molecule has 1 heterocycles. The minimum Gasteiger partial charge on any atom is -0.466 e. The lowest BCUT2D eigenvalue weighted by atomic mass is 9.54. The molecule has 3 nitrogen and oxygen atoms in total. The third-order valence-electron chi connectivity index (χ3n) is 5.53. The molecule has 1 aliphatic heterocycles. The van der Waals surface area contributed by atoms with Gasteiger partial charge in [0.25, 0.3) is 0 Å². The third-order valence-corrected chi connectivity index (χ3v) is 5.53. The first kappa shape index (κ1) is 14.6. The van der Waals surface area contributed by atoms with Crippen LogP contribution in [0.4, 0.5) is 0 Å². The van der Waals surface area contributed by atoms with Gasteiger partial charge in [-0.05, 0) is 57.2 Å². The largest absolute Gasteiger partial charge is 0.466 e. The fraction of sp³-hybridized carbons (Fsp3) is 0.611. The molecule has 3 heteroatoms. The van der Waals surface area contributed by atoms with Crippen molar-refractivity contribution >= 4 is 5.97 Å². The van der Waals surface area contributed by atoms with Crippen molar-refractivity contribution in [2.75, 3.05) is 13.2 Å². The summed E-state index contributed by atoms with van der Waals surface area (Å²) in [6.45, 7) is 5.67. The number of piperidine rings is 1. The van der Waals surface area contributed by atoms with E-state index in [9.17, 15) is 4.79 Å². The number of nitrogens with one attached hydrogen (secondary N) is 1. The second-order valence-corrected chi connectivity index (χ2v) is 6.58. The molecule has 0 aromatic heterocycles. The Labute approximate surface area is 127 Å². The van der Waals surface area contributed by atoms with E-state index in [1.165, 1.54) is 11.1 Å². The third kappa shape index (κ3) is 2.28. The van der Waals surface area contributed by atoms with Gasteiger partial charge in [-0.25, -0.2) is 0 Å². The van der Waals surface area contributed by atoms with Crippen molar-refractivity contribution in [2.45, 2.75) is 56.9 Å². The van der Waals surface area contributed by atoms with Gasteiger partial charge in [-0.1, -0.05) is 24.3 Å². The van der Waals surface area contributed by atoms with Crippen molar-refractivity contribution in [3.05, 3.63) is 35.4 Å². The Morgan fingerprint density at radius 3 is 2.95 bits per heavy atom. The van der Waals surface area contributed by atoms with Crippen molar-refractivity contribution in [3.63, 3.8) is 0 Å². The van der Waals surface area contributed by atoms with Crippen LogP contribution in [0.2, 0.25) is 0 Å². The highest BCUT2D eigenvalue weighted by molar-refractivity contribution is 5.72. The molecule has 114 valence electrons. The second kappa shape index (κ2) is 5.45. The fourth-order valence-corrected chi connectivity index (χ4v) is 4.39. The molecular formula is C18H25NO2. The number of ether oxygens (including phenoxy) is 1. The van der Waals surface area contributed by atoms with Crippen LogP contribution >= 0.6 is 0 Å². The number of rotatable bonds is 3. The molecule has 2 aliphatic rings. The molecule has 0 saturated carbocycles. The Morgan fingerprint density at radius 2 is 2.14 bits per heavy atom. The number of hydrogen-bond acceptors (Lipinski definition) is 3. The summed E-state index contributed by atoms with van der Waals surface area (Å²) in [5, 5.41) is 3.72. The fourth-order valence-electron chi connectivity index (χ4n) is 4.39. The molecule has 21 heavy (non-hydrogen) atoms. The van der Waals surface area contributed by atoms with E-state index >= 15 is 0 Å². The number of carbonyl (C=O) groups is 1. The van der Waals surface area contributed by atoms with Crippen LogP contribution in [-0.4, -0.2) is 24.7 Å². The molecule has 0 unspecified atom stereocenters. The first-order valence-electron chi connectivity index (χ1n) is 8.10. The van der Waals surface area contributed by atoms with E-state index in [4.69, 9.17) is 4.74 Å². The summed E-state index contributed by atoms with van der Waals surface area (Å²) < 4.78 is 5.28. The minimum atomic E-state index is -0.119. The van der Waals surface area contributed by atoms with Crippen molar-refractivity contribution in [1.82, 2.24) is 5.32 Å². The standard InChI is InChI=1S/C18H25NO2/c1-3-21-16(20)13-18-10-6-12-19-17(18,2)11-9-14-7-4-5-8-15(14)18/h4-5,7-8,19H,3,6,9-13H2,1-2H3/t17-,18-/m1/s1. The zero-order valence-electron chi connectivity index (χ0n) is 13.1. The van der Waals surface area contributed by atoms with Crippen molar-refractivity contribution in [2.24, 2.45) is 0 Å². The molecule has 1 fully saturated rings. The average Bonchev–Trinajstić information content (AvgIpc) is 2.48. The predicted molar refractivity (Wildman–Crippen MR) is 83.3 cm³/mol. The maximum absolute atomic E-state index is 12.3. The highest BCUT2D eigenvalue weighted by Gasteiger charge is 2.54. The van der Waals surface area contributed by atoms with Crippen LogP contribution in [0.25, 0.3) is 0 Å². The summed E-state index contributed by atoms with van der Waals surface area (Å²) >= 11 is 0. The Bertz CT molecular complexity index is 542. The second-order valence-electron chi connectivity index (χ2n) is 6.58. The molecule has 2 atom stereocenters. The van der Waals surface area contributed by atoms with E-state index < -0.39 is 0 Å². The van der Waals surface area contributed by atoms with Gasteiger partial charge in [-0.2, -0.15) is 0 Å². The van der Waals surface area contributed by atoms with E-state index in [-0.39, 0.29) is 16.9 Å². The van der Waals surface area contributed by atoms with Crippen LogP contribution in [0.15, 0.2) is 24.3 Å². The zero-order valence-corrected chi connectivity index (χ0v) is 13.1. The molecule has 0 spiro atoms. The van der Waals surface area contributed by atoms with Crippen LogP contribution in [-0.2, 0) is 21.4 Å². The lowest BCUT2D eigenvalue weighted by Crippen LogP contribution is -2.64. The summed E-state index contributed by atoms with van der Waals surface area (Å²) in [6.07, 6.45) is 4.84. The molecule has 1 saturated heterocycles. The number of fused-ring (bicyclic) bond motifs is 3. The number of esters is 1. The molecule has 0 bridgehead atoms. The smallest absolute Gasteiger partial charge is 0.306 e. The van der Waals surface area contributed by atoms with Gasteiger partial charge in [0.1, 0.15) is 0 Å². The van der Waals surface area contributed by atoms with Crippen molar-refractivity contribution < 1.29 is 9.53 Å². The van der Waals surface area contributed by atoms with E-state index in [1.54, 1.807) is 0 Å². The van der Waals surface area contributed by atoms with Crippen LogP contribution in [0.1, 0.15) is 50.7 Å². The average molecular weight is 287 g/mol. The molecule has 1 aromatic rings. The SMILES string of the molecule is CCOC(=O)C[C@@]12CCCN[C@]1(C)CCc1ccccc12. The summed E-state index contributed by atoms with van der Waals surface area (Å²) in [7, 11) is 0. The molecule has 1 aromatic carbocycles. The van der Waals surface area contributed by atoms with Gasteiger partial charge in [-0.3, -0.25) is 4.79 Å². The molecule has 0 radical (unpaired) electrons. The Kier molecular flexibility index (Phi) is 3.78. The summed E-state index contributed by atoms with van der Waals surface area (Å²) in [5.74, 6) is -0.0656. The van der Waals surface area contributed by atoms with E-state index in [0.29, 0.717) is 13.0 Å². The van der Waals surface area contributed by atoms with Gasteiger partial charge >= 0.3 is 5.97 Å². The van der Waals surface area contributed by atoms with Crippen molar-refractivity contribution in [3.8, 4) is 0 Å². The first-order chi connectivity index (χ1) is 10.1. The monoisotopic (exact) mass is 287 g/mol. The van der Waals surface area contributed by atoms with E-state index in [0.717, 1.165) is 32.2 Å². The lowest BCUT2D eigenvalue weighted by Gasteiger charge is -2.56. The van der Waals surface area contributed by atoms with Gasteiger partial charge in [-0.15, -0.1) is 0 Å². The molecule has 1 N–H and O–H groups in total. The van der Waals surface area contributed by atoms with E-state index in [2.05, 4.69) is 36.5 Å². The number of benzene rings is 1. The number of carbonyl (C=O) groups excluding carboxylic acids is 1. The minimum absolute atomic E-state index is 0.00757.